The number of benzene rings is 12. The molecule has 0 N–H and O–H groups in total. The Labute approximate surface area is 646 Å². The van der Waals surface area contributed by atoms with E-state index in [4.69, 9.17) is 30.8 Å². The van der Waals surface area contributed by atoms with Crippen molar-refractivity contribution >= 4 is 121 Å². The van der Waals surface area contributed by atoms with E-state index in [0.717, 1.165) is 161 Å². The summed E-state index contributed by atoms with van der Waals surface area (Å²) in [5.74, 6) is 0. The zero-order valence-corrected chi connectivity index (χ0v) is 62.9. The molecule has 0 fully saturated rings. The van der Waals surface area contributed by atoms with Gasteiger partial charge in [-0.15, -0.1) is 0 Å². The Hall–Kier alpha value is -15.1. The van der Waals surface area contributed by atoms with E-state index < -0.39 is 0 Å². The molecule has 20 rings (SSSR count). The average molecular weight is 1450 g/mol. The van der Waals surface area contributed by atoms with Gasteiger partial charge in [-0.3, -0.25) is 0 Å². The molecule has 0 aliphatic heterocycles. The zero-order valence-electron chi connectivity index (χ0n) is 62.9. The van der Waals surface area contributed by atoms with Crippen molar-refractivity contribution in [1.29, 1.82) is 10.5 Å². The SMILES string of the molecule is Cc1cc(C#N)c2c(oc3ccccc32)c1-c1ccc(-c2ccccc2)c[n+]1C.Cc1ccc2c(oc3cccc(C#N)c32)c1-c1ccc(-c2ccccc2)c[n+]1C.[C-]#[N+]c1ccc2c(c1)oc1c(-c3ccc4ccccc4[n+]3C)c(C)ccc12.[C-]#[N+]c1cccc2c1oc1c(-c3ccc4ccccc4[n+]3C)c(C)ccc12. The zero-order chi connectivity index (χ0) is 77.0. The van der Waals surface area contributed by atoms with Crippen LogP contribution in [0.25, 0.3) is 187 Å². The fourth-order valence-corrected chi connectivity index (χ4v) is 16.0. The third kappa shape index (κ3) is 12.2. The Morgan fingerprint density at radius 2 is 0.768 bits per heavy atom. The summed E-state index contributed by atoms with van der Waals surface area (Å²) in [5, 5.41) is 29.6. The van der Waals surface area contributed by atoms with Gasteiger partial charge in [-0.25, -0.2) is 18.8 Å². The second kappa shape index (κ2) is 28.9. The number of aromatic nitrogens is 4. The predicted octanol–water partition coefficient (Wildman–Crippen LogP) is 24.0. The summed E-state index contributed by atoms with van der Waals surface area (Å²) in [7, 11) is 8.29. The van der Waals surface area contributed by atoms with E-state index in [0.29, 0.717) is 28.1 Å². The van der Waals surface area contributed by atoms with Crippen molar-refractivity contribution in [2.75, 3.05) is 0 Å². The Morgan fingerprint density at radius 1 is 0.312 bits per heavy atom. The third-order valence-corrected chi connectivity index (χ3v) is 21.6. The molecule has 0 saturated heterocycles. The number of aryl methyl sites for hydroxylation is 8. The Morgan fingerprint density at radius 3 is 1.35 bits per heavy atom. The quantitative estimate of drug-likeness (QED) is 0.121. The van der Waals surface area contributed by atoms with Crippen molar-refractivity contribution in [3.05, 3.63) is 348 Å². The molecule has 8 aromatic heterocycles. The van der Waals surface area contributed by atoms with Gasteiger partial charge in [0, 0.05) is 101 Å². The van der Waals surface area contributed by atoms with Crippen LogP contribution in [0.2, 0.25) is 0 Å². The predicted molar refractivity (Wildman–Crippen MR) is 448 cm³/mol. The van der Waals surface area contributed by atoms with Gasteiger partial charge in [-0.05, 0) is 128 Å². The first-order valence-corrected chi connectivity index (χ1v) is 36.9. The van der Waals surface area contributed by atoms with Gasteiger partial charge in [0.15, 0.2) is 23.7 Å². The van der Waals surface area contributed by atoms with Crippen LogP contribution in [0.4, 0.5) is 11.4 Å². The summed E-state index contributed by atoms with van der Waals surface area (Å²) >= 11 is 0. The summed E-state index contributed by atoms with van der Waals surface area (Å²) in [5.41, 5.74) is 28.8. The molecular weight excluding hydrogens is 1380 g/mol. The van der Waals surface area contributed by atoms with E-state index in [9.17, 15) is 10.5 Å². The molecular formula is C100H72N8O4+4. The van der Waals surface area contributed by atoms with E-state index in [2.05, 4.69) is 264 Å². The summed E-state index contributed by atoms with van der Waals surface area (Å²) in [4.78, 5) is 7.15. The van der Waals surface area contributed by atoms with E-state index in [-0.39, 0.29) is 0 Å². The molecule has 0 saturated carbocycles. The van der Waals surface area contributed by atoms with Crippen molar-refractivity contribution < 1.29 is 35.9 Å². The summed E-state index contributed by atoms with van der Waals surface area (Å²) in [6.45, 7) is 23.0. The van der Waals surface area contributed by atoms with Crippen molar-refractivity contribution in [3.8, 4) is 79.4 Å². The van der Waals surface area contributed by atoms with Crippen LogP contribution in [0.15, 0.2) is 309 Å². The molecule has 12 heteroatoms. The van der Waals surface area contributed by atoms with Crippen molar-refractivity contribution in [1.82, 2.24) is 0 Å². The number of hydrogen-bond acceptors (Lipinski definition) is 6. The maximum absolute atomic E-state index is 9.72. The number of nitriles is 2. The monoisotopic (exact) mass is 1450 g/mol. The largest absolute Gasteiger partial charge is 0.466 e. The number of pyridine rings is 4. The second-order valence-electron chi connectivity index (χ2n) is 28.3. The van der Waals surface area contributed by atoms with Crippen LogP contribution in [0.3, 0.4) is 0 Å². The van der Waals surface area contributed by atoms with Gasteiger partial charge in [0.25, 0.3) is 0 Å². The van der Waals surface area contributed by atoms with Crippen LogP contribution in [-0.4, -0.2) is 0 Å². The summed E-state index contributed by atoms with van der Waals surface area (Å²) in [6.07, 6.45) is 4.28. The second-order valence-corrected chi connectivity index (χ2v) is 28.3. The number of para-hydroxylation sites is 4. The molecule has 532 valence electrons. The van der Waals surface area contributed by atoms with Gasteiger partial charge >= 0.3 is 0 Å². The first-order valence-electron chi connectivity index (χ1n) is 36.9. The Kier molecular flexibility index (Phi) is 18.0. The molecule has 12 aromatic carbocycles. The molecule has 12 nitrogen and oxygen atoms in total. The molecule has 0 bridgehead atoms. The van der Waals surface area contributed by atoms with Crippen LogP contribution in [0, 0.1) is 63.5 Å². The fraction of sp³-hybridized carbons (Fsp3) is 0.0800. The lowest BCUT2D eigenvalue weighted by molar-refractivity contribution is -0.660. The van der Waals surface area contributed by atoms with E-state index >= 15 is 0 Å². The van der Waals surface area contributed by atoms with Gasteiger partial charge in [-0.1, -0.05) is 176 Å². The van der Waals surface area contributed by atoms with Gasteiger partial charge in [0.1, 0.15) is 67.3 Å². The van der Waals surface area contributed by atoms with Crippen LogP contribution in [-0.2, 0) is 28.2 Å². The highest BCUT2D eigenvalue weighted by molar-refractivity contribution is 6.15. The average Bonchev–Trinajstić information content (AvgIpc) is 1.58. The molecule has 0 aliphatic carbocycles. The first kappa shape index (κ1) is 69.9. The van der Waals surface area contributed by atoms with Crippen LogP contribution >= 0.6 is 0 Å². The maximum Gasteiger partial charge on any atom is 0.229 e. The first-order chi connectivity index (χ1) is 54.7. The van der Waals surface area contributed by atoms with Crippen LogP contribution in [0.1, 0.15) is 33.4 Å². The lowest BCUT2D eigenvalue weighted by Crippen LogP contribution is -2.32. The molecule has 0 radical (unpaired) electrons. The number of fused-ring (bicyclic) bond motifs is 14. The molecule has 0 amide bonds. The third-order valence-electron chi connectivity index (χ3n) is 21.6. The smallest absolute Gasteiger partial charge is 0.229 e. The topological polar surface area (TPSA) is 124 Å². The Bertz CT molecular complexity index is 7420. The molecule has 112 heavy (non-hydrogen) atoms. The summed E-state index contributed by atoms with van der Waals surface area (Å²) in [6, 6.07) is 98.8. The number of rotatable bonds is 6. The van der Waals surface area contributed by atoms with E-state index in [1.54, 1.807) is 6.07 Å². The fourth-order valence-electron chi connectivity index (χ4n) is 16.0. The van der Waals surface area contributed by atoms with Crippen molar-refractivity contribution in [3.63, 3.8) is 0 Å². The highest BCUT2D eigenvalue weighted by Gasteiger charge is 2.28. The van der Waals surface area contributed by atoms with Crippen LogP contribution in [0.5, 0.6) is 0 Å². The van der Waals surface area contributed by atoms with E-state index in [1.165, 1.54) is 32.9 Å². The number of furan rings is 4. The lowest BCUT2D eigenvalue weighted by atomic mass is 9.96. The highest BCUT2D eigenvalue weighted by atomic mass is 16.3. The maximum atomic E-state index is 9.72. The molecule has 0 atom stereocenters. The lowest BCUT2D eigenvalue weighted by Gasteiger charge is -2.08. The number of nitrogens with zero attached hydrogens (tertiary/aromatic N) is 8. The van der Waals surface area contributed by atoms with Crippen molar-refractivity contribution in [2.45, 2.75) is 27.7 Å². The molecule has 20 aromatic rings. The minimum atomic E-state index is 0.551. The highest BCUT2D eigenvalue weighted by Crippen LogP contribution is 2.44. The normalized spacial score (nSPS) is 11.2. The van der Waals surface area contributed by atoms with Gasteiger partial charge in [-0.2, -0.15) is 19.7 Å². The standard InChI is InChI=1S/2C26H19N2O.2C24H17N2O/c1-17-14-20(15-27)25-21-10-6-7-11-23(21)29-26(25)24(17)22-13-12-19(16-28(22)2)18-8-4-3-5-9-18;1-17-11-13-21-25-19(15-27)9-6-10-23(25)29-26(21)24(17)22-14-12-20(16-28(22)2)18-7-4-3-5-8-18;1-15-11-13-18-17-8-6-9-19(25-2)23(17)27-24(18)22(15)21-14-12-16-7-4-5-10-20(16)26(21)3;1-15-8-11-19-18-12-10-17(25-2)14-22(18)27-24(19)23(15)21-13-9-16-6-4-5-7-20(16)26(21)3/h2*3-14,16H,1-2H3;2*4-14H,1,3H3/q4*+1. The van der Waals surface area contributed by atoms with Gasteiger partial charge < -0.3 is 17.7 Å². The van der Waals surface area contributed by atoms with Gasteiger partial charge in [0.2, 0.25) is 39.5 Å². The minimum absolute atomic E-state index is 0.551. The molecule has 8 heterocycles. The van der Waals surface area contributed by atoms with E-state index in [1.807, 2.05) is 117 Å². The summed E-state index contributed by atoms with van der Waals surface area (Å²) < 4.78 is 33.8. The minimum Gasteiger partial charge on any atom is -0.466 e. The van der Waals surface area contributed by atoms with Crippen LogP contribution < -0.4 is 18.3 Å². The molecule has 0 aliphatic rings. The number of hydrogen-bond donors (Lipinski definition) is 0. The molecule has 0 spiro atoms. The van der Waals surface area contributed by atoms with Crippen molar-refractivity contribution in [2.24, 2.45) is 28.2 Å². The Balaban J connectivity index is 0.000000108. The molecule has 0 unspecified atom stereocenters. The van der Waals surface area contributed by atoms with Gasteiger partial charge in [0.05, 0.1) is 58.7 Å².